The molecular formula is C34H35ClFN3O4S. The molecule has 0 radical (unpaired) electrons. The Kier molecular flexibility index (Phi) is 11.1. The van der Waals surface area contributed by atoms with Crippen molar-refractivity contribution in [2.75, 3.05) is 10.8 Å². The van der Waals surface area contributed by atoms with Crippen LogP contribution in [0.1, 0.15) is 31.4 Å². The Hall–Kier alpha value is -4.21. The van der Waals surface area contributed by atoms with Crippen molar-refractivity contribution in [1.82, 2.24) is 10.2 Å². The highest BCUT2D eigenvalue weighted by Crippen LogP contribution is 2.28. The summed E-state index contributed by atoms with van der Waals surface area (Å²) in [6.07, 6.45) is 0.822. The fourth-order valence-corrected chi connectivity index (χ4v) is 6.33. The topological polar surface area (TPSA) is 86.8 Å². The van der Waals surface area contributed by atoms with Crippen molar-refractivity contribution in [2.24, 2.45) is 0 Å². The summed E-state index contributed by atoms with van der Waals surface area (Å²) in [6.45, 7) is 2.96. The first-order chi connectivity index (χ1) is 21.1. The Balaban J connectivity index is 1.82. The number of amides is 2. The number of anilines is 1. The first kappa shape index (κ1) is 32.7. The predicted molar refractivity (Wildman–Crippen MR) is 171 cm³/mol. The molecule has 0 fully saturated rings. The van der Waals surface area contributed by atoms with Gasteiger partial charge in [0.15, 0.2) is 0 Å². The molecule has 0 unspecified atom stereocenters. The molecule has 0 heterocycles. The molecule has 4 rings (SSSR count). The molecule has 44 heavy (non-hydrogen) atoms. The van der Waals surface area contributed by atoms with E-state index in [2.05, 4.69) is 5.32 Å². The van der Waals surface area contributed by atoms with E-state index in [-0.39, 0.29) is 29.6 Å². The summed E-state index contributed by atoms with van der Waals surface area (Å²) in [5.74, 6) is -1.91. The SMILES string of the molecule is CC[C@H](C)NC(=O)[C@H](Cc1ccccc1)N(Cc1ccccc1Cl)C(=O)CN(c1ccccc1F)S(=O)(=O)c1ccccc1. The van der Waals surface area contributed by atoms with Crippen molar-refractivity contribution in [2.45, 2.75) is 50.2 Å². The lowest BCUT2D eigenvalue weighted by atomic mass is 10.0. The number of hydrogen-bond donors (Lipinski definition) is 1. The van der Waals surface area contributed by atoms with Crippen molar-refractivity contribution in [3.8, 4) is 0 Å². The van der Waals surface area contributed by atoms with Crippen molar-refractivity contribution in [3.05, 3.63) is 131 Å². The van der Waals surface area contributed by atoms with Gasteiger partial charge in [-0.3, -0.25) is 13.9 Å². The summed E-state index contributed by atoms with van der Waals surface area (Å²) >= 11 is 6.50. The van der Waals surface area contributed by atoms with Crippen LogP contribution in [0.4, 0.5) is 10.1 Å². The van der Waals surface area contributed by atoms with Crippen molar-refractivity contribution < 1.29 is 22.4 Å². The minimum absolute atomic E-state index is 0.0829. The molecule has 10 heteroatoms. The molecule has 2 atom stereocenters. The van der Waals surface area contributed by atoms with Crippen LogP contribution in [-0.2, 0) is 32.6 Å². The van der Waals surface area contributed by atoms with Gasteiger partial charge in [-0.05, 0) is 54.8 Å². The molecule has 0 aliphatic carbocycles. The van der Waals surface area contributed by atoms with Crippen LogP contribution in [0.3, 0.4) is 0 Å². The van der Waals surface area contributed by atoms with Crippen molar-refractivity contribution in [3.63, 3.8) is 0 Å². The number of nitrogens with zero attached hydrogens (tertiary/aromatic N) is 2. The van der Waals surface area contributed by atoms with Gasteiger partial charge in [0.05, 0.1) is 10.6 Å². The highest BCUT2D eigenvalue weighted by molar-refractivity contribution is 7.92. The Morgan fingerprint density at radius 2 is 1.45 bits per heavy atom. The first-order valence-electron chi connectivity index (χ1n) is 14.3. The first-order valence-corrected chi connectivity index (χ1v) is 16.1. The summed E-state index contributed by atoms with van der Waals surface area (Å²) in [5.41, 5.74) is 1.09. The van der Waals surface area contributed by atoms with Gasteiger partial charge in [0, 0.05) is 24.0 Å². The van der Waals surface area contributed by atoms with Crippen LogP contribution in [0, 0.1) is 5.82 Å². The van der Waals surface area contributed by atoms with Crippen LogP contribution in [0.15, 0.2) is 114 Å². The average Bonchev–Trinajstić information content (AvgIpc) is 3.03. The molecule has 0 saturated carbocycles. The molecule has 2 amide bonds. The average molecular weight is 636 g/mol. The molecule has 0 saturated heterocycles. The van der Waals surface area contributed by atoms with Crippen LogP contribution >= 0.6 is 11.6 Å². The van der Waals surface area contributed by atoms with E-state index in [1.165, 1.54) is 35.2 Å². The second-order valence-corrected chi connectivity index (χ2v) is 12.7. The van der Waals surface area contributed by atoms with Crippen molar-refractivity contribution >= 4 is 39.1 Å². The summed E-state index contributed by atoms with van der Waals surface area (Å²) in [4.78, 5) is 29.5. The maximum absolute atomic E-state index is 15.2. The molecule has 1 N–H and O–H groups in total. The zero-order valence-electron chi connectivity index (χ0n) is 24.6. The smallest absolute Gasteiger partial charge is 0.264 e. The molecule has 0 aliphatic heterocycles. The number of sulfonamides is 1. The lowest BCUT2D eigenvalue weighted by Crippen LogP contribution is -2.54. The number of carbonyl (C=O) groups excluding carboxylic acids is 2. The largest absolute Gasteiger partial charge is 0.352 e. The molecule has 7 nitrogen and oxygen atoms in total. The van der Waals surface area contributed by atoms with E-state index in [1.807, 2.05) is 44.2 Å². The molecule has 230 valence electrons. The minimum atomic E-state index is -4.39. The van der Waals surface area contributed by atoms with Crippen LogP contribution in [-0.4, -0.2) is 43.8 Å². The van der Waals surface area contributed by atoms with E-state index in [9.17, 15) is 18.0 Å². The fourth-order valence-electron chi connectivity index (χ4n) is 4.69. The Labute approximate surface area is 263 Å². The minimum Gasteiger partial charge on any atom is -0.352 e. The lowest BCUT2D eigenvalue weighted by Gasteiger charge is -2.34. The van der Waals surface area contributed by atoms with E-state index >= 15 is 4.39 Å². The number of carbonyl (C=O) groups is 2. The van der Waals surface area contributed by atoms with Crippen LogP contribution in [0.5, 0.6) is 0 Å². The van der Waals surface area contributed by atoms with Gasteiger partial charge in [-0.2, -0.15) is 0 Å². The summed E-state index contributed by atoms with van der Waals surface area (Å²) in [7, 11) is -4.39. The molecule has 0 spiro atoms. The molecule has 0 aliphatic rings. The maximum Gasteiger partial charge on any atom is 0.264 e. The normalized spacial score (nSPS) is 12.6. The lowest BCUT2D eigenvalue weighted by molar-refractivity contribution is -0.140. The van der Waals surface area contributed by atoms with E-state index in [4.69, 9.17) is 11.6 Å². The van der Waals surface area contributed by atoms with Crippen molar-refractivity contribution in [1.29, 1.82) is 0 Å². The standard InChI is InChI=1S/C34H35ClFN3O4S/c1-3-25(2)37-34(41)32(22-26-14-6-4-7-15-26)38(23-27-16-10-11-19-29(27)35)33(40)24-39(31-21-13-12-20-30(31)36)44(42,43)28-17-8-5-9-18-28/h4-21,25,32H,3,22-24H2,1-2H3,(H,37,41)/t25-,32-/m0/s1. The van der Waals surface area contributed by atoms with Gasteiger partial charge in [-0.25, -0.2) is 12.8 Å². The van der Waals surface area contributed by atoms with Gasteiger partial charge >= 0.3 is 0 Å². The summed E-state index contributed by atoms with van der Waals surface area (Å²) in [6, 6.07) is 27.9. The third kappa shape index (κ3) is 8.03. The second-order valence-electron chi connectivity index (χ2n) is 10.4. The van der Waals surface area contributed by atoms with Crippen LogP contribution in [0.25, 0.3) is 0 Å². The number of hydrogen-bond acceptors (Lipinski definition) is 4. The van der Waals surface area contributed by atoms with E-state index in [1.54, 1.807) is 42.5 Å². The third-order valence-electron chi connectivity index (χ3n) is 7.30. The molecule has 0 bridgehead atoms. The molecule has 4 aromatic carbocycles. The van der Waals surface area contributed by atoms with Crippen LogP contribution < -0.4 is 9.62 Å². The highest BCUT2D eigenvalue weighted by Gasteiger charge is 2.35. The zero-order valence-corrected chi connectivity index (χ0v) is 26.1. The van der Waals surface area contributed by atoms with Gasteiger partial charge < -0.3 is 10.2 Å². The predicted octanol–water partition coefficient (Wildman–Crippen LogP) is 6.23. The van der Waals surface area contributed by atoms with Gasteiger partial charge in [-0.1, -0.05) is 97.4 Å². The number of nitrogens with one attached hydrogen (secondary N) is 1. The molecular weight excluding hydrogens is 601 g/mol. The van der Waals surface area contributed by atoms with Gasteiger partial charge in [0.2, 0.25) is 11.8 Å². The van der Waals surface area contributed by atoms with Gasteiger partial charge in [0.1, 0.15) is 18.4 Å². The quantitative estimate of drug-likeness (QED) is 0.189. The third-order valence-corrected chi connectivity index (χ3v) is 9.44. The fraction of sp³-hybridized carbons (Fsp3) is 0.235. The van der Waals surface area contributed by atoms with E-state index in [0.29, 0.717) is 17.0 Å². The number of benzene rings is 4. The highest BCUT2D eigenvalue weighted by atomic mass is 35.5. The molecule has 0 aromatic heterocycles. The van der Waals surface area contributed by atoms with Gasteiger partial charge in [0.25, 0.3) is 10.0 Å². The number of rotatable bonds is 13. The van der Waals surface area contributed by atoms with Gasteiger partial charge in [-0.15, -0.1) is 0 Å². The molecule has 4 aromatic rings. The Morgan fingerprint density at radius 1 is 0.864 bits per heavy atom. The second kappa shape index (κ2) is 15.0. The zero-order chi connectivity index (χ0) is 31.7. The maximum atomic E-state index is 15.2. The van der Waals surface area contributed by atoms with Crippen LogP contribution in [0.2, 0.25) is 5.02 Å². The van der Waals surface area contributed by atoms with E-state index < -0.39 is 40.2 Å². The summed E-state index contributed by atoms with van der Waals surface area (Å²) < 4.78 is 43.8. The number of para-hydroxylation sites is 1. The Morgan fingerprint density at radius 3 is 2.09 bits per heavy atom. The summed E-state index contributed by atoms with van der Waals surface area (Å²) in [5, 5.41) is 3.36. The Bertz CT molecular complexity index is 1670. The monoisotopic (exact) mass is 635 g/mol. The number of halogens is 2. The van der Waals surface area contributed by atoms with E-state index in [0.717, 1.165) is 15.9 Å².